The van der Waals surface area contributed by atoms with Crippen molar-refractivity contribution in [1.29, 1.82) is 0 Å². The quantitative estimate of drug-likeness (QED) is 0.567. The van der Waals surface area contributed by atoms with Crippen LogP contribution in [0.4, 0.5) is 4.79 Å². The number of fused-ring (bicyclic) bond motifs is 3. The van der Waals surface area contributed by atoms with Crippen LogP contribution < -0.4 is 5.56 Å². The maximum absolute atomic E-state index is 12.1. The molecule has 0 N–H and O–H groups in total. The molecule has 0 bridgehead atoms. The number of pyridine rings is 1. The van der Waals surface area contributed by atoms with Crippen LogP contribution in [0.2, 0.25) is 0 Å². The molecular formula is C20H15NO3. The van der Waals surface area contributed by atoms with Crippen LogP contribution in [-0.4, -0.2) is 10.7 Å². The SMILES string of the molecule is O=C(OCc1cccc2c1Cc1ccccc1-2)n1ccccc1=O. The summed E-state index contributed by atoms with van der Waals surface area (Å²) in [5.41, 5.74) is 5.47. The van der Waals surface area contributed by atoms with Gasteiger partial charge in [0, 0.05) is 12.3 Å². The minimum atomic E-state index is -0.659. The number of hydrogen-bond donors (Lipinski definition) is 0. The van der Waals surface area contributed by atoms with Crippen molar-refractivity contribution in [3.63, 3.8) is 0 Å². The molecular weight excluding hydrogens is 302 g/mol. The highest BCUT2D eigenvalue weighted by Crippen LogP contribution is 2.38. The van der Waals surface area contributed by atoms with Gasteiger partial charge in [-0.3, -0.25) is 4.79 Å². The van der Waals surface area contributed by atoms with Crippen molar-refractivity contribution in [2.24, 2.45) is 0 Å². The van der Waals surface area contributed by atoms with E-state index in [-0.39, 0.29) is 6.61 Å². The van der Waals surface area contributed by atoms with Gasteiger partial charge in [-0.05, 0) is 40.3 Å². The molecule has 4 rings (SSSR count). The highest BCUT2D eigenvalue weighted by atomic mass is 16.5. The third-order valence-corrected chi connectivity index (χ3v) is 4.32. The van der Waals surface area contributed by atoms with E-state index >= 15 is 0 Å². The number of rotatable bonds is 2. The number of ether oxygens (including phenoxy) is 1. The molecule has 0 atom stereocenters. The number of aromatic nitrogens is 1. The lowest BCUT2D eigenvalue weighted by Gasteiger charge is -2.10. The van der Waals surface area contributed by atoms with Gasteiger partial charge in [0.25, 0.3) is 5.56 Å². The van der Waals surface area contributed by atoms with Crippen LogP contribution in [0.15, 0.2) is 71.7 Å². The molecule has 0 saturated heterocycles. The Morgan fingerprint density at radius 1 is 0.958 bits per heavy atom. The molecule has 1 aromatic heterocycles. The Labute approximate surface area is 139 Å². The van der Waals surface area contributed by atoms with Gasteiger partial charge in [-0.15, -0.1) is 0 Å². The zero-order chi connectivity index (χ0) is 16.5. The van der Waals surface area contributed by atoms with Crippen molar-refractivity contribution in [1.82, 2.24) is 4.57 Å². The van der Waals surface area contributed by atoms with E-state index in [2.05, 4.69) is 18.2 Å². The number of nitrogens with zero attached hydrogens (tertiary/aromatic N) is 1. The molecule has 0 unspecified atom stereocenters. The second-order valence-corrected chi connectivity index (χ2v) is 5.74. The fraction of sp³-hybridized carbons (Fsp3) is 0.100. The van der Waals surface area contributed by atoms with Gasteiger partial charge in [0.15, 0.2) is 0 Å². The van der Waals surface area contributed by atoms with Crippen LogP contribution in [-0.2, 0) is 17.8 Å². The van der Waals surface area contributed by atoms with E-state index in [1.165, 1.54) is 34.5 Å². The molecule has 1 aliphatic rings. The van der Waals surface area contributed by atoms with E-state index in [0.717, 1.165) is 16.6 Å². The molecule has 1 aliphatic carbocycles. The number of benzene rings is 2. The molecule has 2 aromatic carbocycles. The molecule has 0 saturated carbocycles. The van der Waals surface area contributed by atoms with Crippen molar-refractivity contribution >= 4 is 6.09 Å². The minimum absolute atomic E-state index is 0.150. The second kappa shape index (κ2) is 5.81. The van der Waals surface area contributed by atoms with Crippen molar-refractivity contribution in [2.45, 2.75) is 13.0 Å². The molecule has 0 radical (unpaired) electrons. The average molecular weight is 317 g/mol. The van der Waals surface area contributed by atoms with Crippen LogP contribution >= 0.6 is 0 Å². The molecule has 3 aromatic rings. The Morgan fingerprint density at radius 3 is 2.62 bits per heavy atom. The normalized spacial score (nSPS) is 11.7. The lowest BCUT2D eigenvalue weighted by Crippen LogP contribution is -2.26. The Hall–Kier alpha value is -3.14. The smallest absolute Gasteiger partial charge is 0.421 e. The Morgan fingerprint density at radius 2 is 1.75 bits per heavy atom. The van der Waals surface area contributed by atoms with Crippen LogP contribution in [0, 0.1) is 0 Å². The maximum Gasteiger partial charge on any atom is 0.421 e. The lowest BCUT2D eigenvalue weighted by atomic mass is 10.0. The first kappa shape index (κ1) is 14.5. The molecule has 24 heavy (non-hydrogen) atoms. The van der Waals surface area contributed by atoms with Crippen LogP contribution in [0.1, 0.15) is 16.7 Å². The Balaban J connectivity index is 1.58. The monoisotopic (exact) mass is 317 g/mol. The van der Waals surface area contributed by atoms with E-state index in [0.29, 0.717) is 0 Å². The number of hydrogen-bond acceptors (Lipinski definition) is 3. The molecule has 4 heteroatoms. The molecule has 0 fully saturated rings. The summed E-state index contributed by atoms with van der Waals surface area (Å²) in [6.45, 7) is 0.150. The third-order valence-electron chi connectivity index (χ3n) is 4.32. The predicted octanol–water partition coefficient (Wildman–Crippen LogP) is 3.60. The molecule has 0 spiro atoms. The summed E-state index contributed by atoms with van der Waals surface area (Å²) in [5.74, 6) is 0. The first-order valence-corrected chi connectivity index (χ1v) is 7.78. The topological polar surface area (TPSA) is 48.3 Å². The van der Waals surface area contributed by atoms with Crippen LogP contribution in [0.5, 0.6) is 0 Å². The third kappa shape index (κ3) is 2.42. The van der Waals surface area contributed by atoms with Gasteiger partial charge in [-0.1, -0.05) is 48.5 Å². The summed E-state index contributed by atoms with van der Waals surface area (Å²) in [7, 11) is 0. The summed E-state index contributed by atoms with van der Waals surface area (Å²) in [4.78, 5) is 23.8. The minimum Gasteiger partial charge on any atom is -0.444 e. The van der Waals surface area contributed by atoms with Gasteiger partial charge in [0.1, 0.15) is 6.61 Å². The number of carbonyl (C=O) groups excluding carboxylic acids is 1. The van der Waals surface area contributed by atoms with Gasteiger partial charge in [-0.2, -0.15) is 0 Å². The fourth-order valence-corrected chi connectivity index (χ4v) is 3.15. The summed E-state index contributed by atoms with van der Waals surface area (Å²) in [6.07, 6.45) is 1.59. The molecule has 1 heterocycles. The predicted molar refractivity (Wildman–Crippen MR) is 91.0 cm³/mol. The van der Waals surface area contributed by atoms with Crippen molar-refractivity contribution in [3.8, 4) is 11.1 Å². The largest absolute Gasteiger partial charge is 0.444 e. The van der Waals surface area contributed by atoms with E-state index in [4.69, 9.17) is 4.74 Å². The Bertz CT molecular complexity index is 988. The first-order chi connectivity index (χ1) is 11.7. The highest BCUT2D eigenvalue weighted by Gasteiger charge is 2.21. The summed E-state index contributed by atoms with van der Waals surface area (Å²) >= 11 is 0. The summed E-state index contributed by atoms with van der Waals surface area (Å²) in [6, 6.07) is 18.9. The zero-order valence-corrected chi connectivity index (χ0v) is 12.9. The van der Waals surface area contributed by atoms with Crippen molar-refractivity contribution in [3.05, 3.63) is 93.9 Å². The van der Waals surface area contributed by atoms with Crippen LogP contribution in [0.25, 0.3) is 11.1 Å². The molecule has 0 aliphatic heterocycles. The van der Waals surface area contributed by atoms with Crippen molar-refractivity contribution in [2.75, 3.05) is 0 Å². The van der Waals surface area contributed by atoms with E-state index in [1.54, 1.807) is 12.1 Å². The maximum atomic E-state index is 12.1. The lowest BCUT2D eigenvalue weighted by molar-refractivity contribution is 0.140. The van der Waals surface area contributed by atoms with Crippen molar-refractivity contribution < 1.29 is 9.53 Å². The molecule has 0 amide bonds. The van der Waals surface area contributed by atoms with Crippen LogP contribution in [0.3, 0.4) is 0 Å². The van der Waals surface area contributed by atoms with E-state index < -0.39 is 11.7 Å². The molecule has 118 valence electrons. The number of carbonyl (C=O) groups is 1. The fourth-order valence-electron chi connectivity index (χ4n) is 3.15. The van der Waals surface area contributed by atoms with Gasteiger partial charge in [-0.25, -0.2) is 9.36 Å². The summed E-state index contributed by atoms with van der Waals surface area (Å²) in [5, 5.41) is 0. The Kier molecular flexibility index (Phi) is 3.50. The summed E-state index contributed by atoms with van der Waals surface area (Å²) < 4.78 is 6.31. The first-order valence-electron chi connectivity index (χ1n) is 7.78. The molecule has 4 nitrogen and oxygen atoms in total. The van der Waals surface area contributed by atoms with Gasteiger partial charge < -0.3 is 4.74 Å². The highest BCUT2D eigenvalue weighted by molar-refractivity contribution is 5.78. The zero-order valence-electron chi connectivity index (χ0n) is 12.9. The van der Waals surface area contributed by atoms with Gasteiger partial charge >= 0.3 is 6.09 Å². The van der Waals surface area contributed by atoms with E-state index in [1.807, 2.05) is 24.3 Å². The second-order valence-electron chi connectivity index (χ2n) is 5.74. The standard InChI is InChI=1S/C20H15NO3/c22-19-10-3-4-11-21(19)20(23)24-13-15-7-5-9-17-16-8-2-1-6-14(16)12-18(15)17/h1-11H,12-13H2. The van der Waals surface area contributed by atoms with Gasteiger partial charge in [0.05, 0.1) is 0 Å². The van der Waals surface area contributed by atoms with Gasteiger partial charge in [0.2, 0.25) is 0 Å². The van der Waals surface area contributed by atoms with E-state index in [9.17, 15) is 9.59 Å². The average Bonchev–Trinajstić information content (AvgIpc) is 2.99.